The molecule has 19 heteroatoms. The molecule has 0 bridgehead atoms. The summed E-state index contributed by atoms with van der Waals surface area (Å²) in [6.07, 6.45) is 0. The van der Waals surface area contributed by atoms with Crippen molar-refractivity contribution in [1.29, 1.82) is 0 Å². The molecule has 0 amide bonds. The van der Waals surface area contributed by atoms with E-state index in [4.69, 9.17) is 0 Å². The van der Waals surface area contributed by atoms with Crippen LogP contribution in [0.4, 0.5) is 74.1 Å². The van der Waals surface area contributed by atoms with E-state index in [0.29, 0.717) is 13.8 Å². The lowest BCUT2D eigenvalue weighted by Gasteiger charge is -2.45. The molecule has 0 saturated carbocycles. The van der Waals surface area contributed by atoms with Gasteiger partial charge in [-0.2, -0.15) is 61.5 Å². The lowest BCUT2D eigenvalue weighted by Crippen LogP contribution is -2.76. The van der Waals surface area contributed by atoms with Crippen molar-refractivity contribution < 1.29 is 74.1 Å². The van der Waals surface area contributed by atoms with Gasteiger partial charge >= 0.3 is 49.1 Å². The van der Waals surface area contributed by atoms with Crippen molar-refractivity contribution in [1.82, 2.24) is 0 Å². The Labute approximate surface area is 167 Å². The molecule has 31 heavy (non-hydrogen) atoms. The van der Waals surface area contributed by atoms with Crippen LogP contribution in [0.2, 0.25) is 0 Å². The fraction of sp³-hybridized carbons (Fsp3) is 1.00. The summed E-state index contributed by atoms with van der Waals surface area (Å²) < 4.78 is 227. The van der Waals surface area contributed by atoms with Gasteiger partial charge in [-0.25, -0.2) is 12.6 Å². The van der Waals surface area contributed by atoms with E-state index in [1.807, 2.05) is 0 Å². The number of rotatable bonds is 9. The summed E-state index contributed by atoms with van der Waals surface area (Å²) in [5.41, 5.74) is -12.5. The molecule has 1 unspecified atom stereocenters. The fourth-order valence-electron chi connectivity index (χ4n) is 1.83. The van der Waals surface area contributed by atoms with Gasteiger partial charge in [0.15, 0.2) is 5.67 Å². The van der Waals surface area contributed by atoms with Gasteiger partial charge in [0, 0.05) is 0 Å². The first-order valence-electron chi connectivity index (χ1n) is 7.35. The Kier molecular flexibility index (Phi) is 7.25. The first-order chi connectivity index (χ1) is 12.9. The summed E-state index contributed by atoms with van der Waals surface area (Å²) in [4.78, 5) is 0. The third kappa shape index (κ3) is 3.66. The Morgan fingerprint density at radius 2 is 0.742 bits per heavy atom. The molecule has 0 aliphatic carbocycles. The van der Waals surface area contributed by atoms with Crippen LogP contribution in [-0.2, 0) is 0 Å². The second kappa shape index (κ2) is 7.41. The first-order valence-corrected chi connectivity index (χ1v) is 10.1. The number of hydrogen-bond acceptors (Lipinski definition) is 0. The zero-order valence-corrected chi connectivity index (χ0v) is 16.6. The Hall–Kier alpha value is -0.683. The SMILES string of the molecule is CC(C)C(C)(F)C(F)(F)C(F)(F)C(F)(F)C(F)(F)C(F)(F)C(F)(F)C(F)(F)[Si](F)(F)Cl. The van der Waals surface area contributed by atoms with Crippen LogP contribution in [0.3, 0.4) is 0 Å². The topological polar surface area (TPSA) is 0 Å². The van der Waals surface area contributed by atoms with Crippen LogP contribution in [0.25, 0.3) is 0 Å². The Morgan fingerprint density at radius 1 is 0.516 bits per heavy atom. The highest BCUT2D eigenvalue weighted by Crippen LogP contribution is 2.65. The molecule has 0 spiro atoms. The summed E-state index contributed by atoms with van der Waals surface area (Å²) >= 11 is 3.53. The molecule has 0 fully saturated rings. The predicted octanol–water partition coefficient (Wildman–Crippen LogP) is 7.47. The molecule has 0 aromatic carbocycles. The number of alkyl halides is 15. The van der Waals surface area contributed by atoms with Crippen LogP contribution in [0.1, 0.15) is 20.8 Å². The van der Waals surface area contributed by atoms with Crippen LogP contribution in [0.5, 0.6) is 0 Å². The van der Waals surface area contributed by atoms with Crippen molar-refractivity contribution in [2.45, 2.75) is 67.5 Å². The summed E-state index contributed by atoms with van der Waals surface area (Å²) in [5, 5.41) is 0. The van der Waals surface area contributed by atoms with Gasteiger partial charge in [-0.15, -0.1) is 0 Å². The standard InChI is InChI=1S/C12H10ClF17Si/c1-4(2)5(3,14)6(15,16)7(17,18)8(19,20)9(21,22)10(23,24)11(25,26)12(27,28)31(13,29)30/h4H,1-3H3. The molecule has 0 aromatic heterocycles. The monoisotopic (exact) mass is 540 g/mol. The van der Waals surface area contributed by atoms with Crippen LogP contribution >= 0.6 is 11.1 Å². The van der Waals surface area contributed by atoms with E-state index in [1.54, 1.807) is 0 Å². The maximum absolute atomic E-state index is 13.9. The van der Waals surface area contributed by atoms with Crippen LogP contribution in [0, 0.1) is 5.92 Å². The van der Waals surface area contributed by atoms with E-state index < -0.39 is 67.6 Å². The normalized spacial score (nSPS) is 18.4. The van der Waals surface area contributed by atoms with Crippen LogP contribution in [-0.4, -0.2) is 54.8 Å². The third-order valence-electron chi connectivity index (χ3n) is 4.42. The highest BCUT2D eigenvalue weighted by Gasteiger charge is 2.96. The van der Waals surface area contributed by atoms with Crippen molar-refractivity contribution >= 4 is 19.1 Å². The van der Waals surface area contributed by atoms with Crippen molar-refractivity contribution in [3.63, 3.8) is 0 Å². The molecular formula is C12H10ClF17Si. The molecule has 1 atom stereocenters. The lowest BCUT2D eigenvalue weighted by molar-refractivity contribution is -0.445. The van der Waals surface area contributed by atoms with Gasteiger partial charge in [-0.05, 0) is 12.8 Å². The van der Waals surface area contributed by atoms with Gasteiger partial charge in [0.2, 0.25) is 0 Å². The van der Waals surface area contributed by atoms with Gasteiger partial charge in [0.1, 0.15) is 0 Å². The average Bonchev–Trinajstić information content (AvgIpc) is 2.52. The fourth-order valence-corrected chi connectivity index (χ4v) is 2.70. The Balaban J connectivity index is 6.91. The zero-order valence-electron chi connectivity index (χ0n) is 14.9. The maximum Gasteiger partial charge on any atom is 0.597 e. The van der Waals surface area contributed by atoms with Gasteiger partial charge in [-0.3, -0.25) is 0 Å². The molecule has 0 saturated heterocycles. The van der Waals surface area contributed by atoms with E-state index in [9.17, 15) is 74.1 Å². The molecule has 0 rings (SSSR count). The molecule has 0 aromatic rings. The van der Waals surface area contributed by atoms with E-state index in [1.165, 1.54) is 0 Å². The largest absolute Gasteiger partial charge is 0.597 e. The first kappa shape index (κ1) is 30.3. The van der Waals surface area contributed by atoms with Gasteiger partial charge < -0.3 is 0 Å². The van der Waals surface area contributed by atoms with Crippen molar-refractivity contribution in [2.75, 3.05) is 0 Å². The van der Waals surface area contributed by atoms with E-state index >= 15 is 0 Å². The van der Waals surface area contributed by atoms with Crippen molar-refractivity contribution in [2.24, 2.45) is 5.92 Å². The maximum atomic E-state index is 13.9. The predicted molar refractivity (Wildman–Crippen MR) is 72.8 cm³/mol. The number of halogens is 18. The highest BCUT2D eigenvalue weighted by atomic mass is 35.6. The molecule has 188 valence electrons. The second-order valence-electron chi connectivity index (χ2n) is 6.75. The van der Waals surface area contributed by atoms with E-state index in [0.717, 1.165) is 0 Å². The van der Waals surface area contributed by atoms with E-state index in [2.05, 4.69) is 11.1 Å². The van der Waals surface area contributed by atoms with Crippen LogP contribution in [0.15, 0.2) is 0 Å². The van der Waals surface area contributed by atoms with Crippen LogP contribution < -0.4 is 0 Å². The Bertz CT molecular complexity index is 663. The molecular weight excluding hydrogens is 531 g/mol. The average molecular weight is 541 g/mol. The van der Waals surface area contributed by atoms with E-state index in [-0.39, 0.29) is 0 Å². The number of hydrogen-bond donors (Lipinski definition) is 0. The van der Waals surface area contributed by atoms with Gasteiger partial charge in [0.05, 0.1) is 0 Å². The summed E-state index contributed by atoms with van der Waals surface area (Å²) in [6.45, 7) is 0.0773. The lowest BCUT2D eigenvalue weighted by atomic mass is 9.80. The molecule has 0 aliphatic rings. The molecule has 0 N–H and O–H groups in total. The quantitative estimate of drug-likeness (QED) is 0.162. The van der Waals surface area contributed by atoms with Crippen molar-refractivity contribution in [3.8, 4) is 0 Å². The van der Waals surface area contributed by atoms with Gasteiger partial charge in [0.25, 0.3) is 0 Å². The summed E-state index contributed by atoms with van der Waals surface area (Å²) in [6, 6.07) is 0. The highest BCUT2D eigenvalue weighted by molar-refractivity contribution is 7.13. The minimum absolute atomic E-state index is 0.316. The Morgan fingerprint density at radius 3 is 0.968 bits per heavy atom. The van der Waals surface area contributed by atoms with Gasteiger partial charge in [-0.1, -0.05) is 24.9 Å². The van der Waals surface area contributed by atoms with Crippen molar-refractivity contribution in [3.05, 3.63) is 0 Å². The zero-order chi connectivity index (χ0) is 26.1. The summed E-state index contributed by atoms with van der Waals surface area (Å²) in [7, 11) is -8.46. The smallest absolute Gasteiger partial charge is 0.247 e. The third-order valence-corrected chi connectivity index (χ3v) is 6.16. The minimum Gasteiger partial charge on any atom is -0.247 e. The molecule has 0 aliphatic heterocycles. The second-order valence-corrected chi connectivity index (χ2v) is 9.80. The molecule has 0 radical (unpaired) electrons. The minimum atomic E-state index is -8.57. The molecule has 0 nitrogen and oxygen atoms in total. The summed E-state index contributed by atoms with van der Waals surface area (Å²) in [5.74, 6) is -51.1. The molecule has 0 heterocycles.